The highest BCUT2D eigenvalue weighted by atomic mass is 16.5. The van der Waals surface area contributed by atoms with E-state index >= 15 is 0 Å². The molecule has 5 nitrogen and oxygen atoms in total. The number of nitrogens with two attached hydrogens (primary N) is 1. The maximum absolute atomic E-state index is 12.0. The fraction of sp³-hybridized carbons (Fsp3) is 0.500. The third-order valence-electron chi connectivity index (χ3n) is 3.30. The number of hydrogen-bond acceptors (Lipinski definition) is 5. The minimum absolute atomic E-state index is 0.204. The number of esters is 1. The Morgan fingerprint density at radius 2 is 2.16 bits per heavy atom. The summed E-state index contributed by atoms with van der Waals surface area (Å²) in [6.45, 7) is 1.21. The fourth-order valence-electron chi connectivity index (χ4n) is 1.99. The molecule has 0 amide bonds. The first-order chi connectivity index (χ1) is 9.14. The second kappa shape index (κ2) is 6.04. The van der Waals surface area contributed by atoms with E-state index in [0.29, 0.717) is 26.1 Å². The van der Waals surface area contributed by atoms with Crippen LogP contribution in [0.5, 0.6) is 5.75 Å². The van der Waals surface area contributed by atoms with Crippen molar-refractivity contribution in [1.29, 1.82) is 0 Å². The SMILES string of the molecule is COc1cccc(COC(=O)C2(N)CCOCC2)c1. The summed E-state index contributed by atoms with van der Waals surface area (Å²) in [4.78, 5) is 12.0. The standard InChI is InChI=1S/C14H19NO4/c1-17-12-4-2-3-11(9-12)10-19-13(16)14(15)5-7-18-8-6-14/h2-4,9H,5-8,10,15H2,1H3. The molecule has 2 rings (SSSR count). The number of benzene rings is 1. The van der Waals surface area contributed by atoms with Gasteiger partial charge in [0.15, 0.2) is 0 Å². The van der Waals surface area contributed by atoms with Crippen LogP contribution in [0.15, 0.2) is 24.3 Å². The van der Waals surface area contributed by atoms with E-state index in [1.807, 2.05) is 24.3 Å². The first-order valence-electron chi connectivity index (χ1n) is 6.31. The molecule has 1 heterocycles. The molecule has 0 saturated carbocycles. The number of rotatable bonds is 4. The van der Waals surface area contributed by atoms with Crippen molar-refractivity contribution in [1.82, 2.24) is 0 Å². The minimum atomic E-state index is -0.906. The summed E-state index contributed by atoms with van der Waals surface area (Å²) in [6, 6.07) is 7.41. The molecule has 0 atom stereocenters. The van der Waals surface area contributed by atoms with Crippen LogP contribution in [0.4, 0.5) is 0 Å². The maximum atomic E-state index is 12.0. The number of methoxy groups -OCH3 is 1. The van der Waals surface area contributed by atoms with Gasteiger partial charge in [0.1, 0.15) is 17.9 Å². The van der Waals surface area contributed by atoms with Crippen molar-refractivity contribution < 1.29 is 19.0 Å². The third-order valence-corrected chi connectivity index (χ3v) is 3.30. The number of ether oxygens (including phenoxy) is 3. The summed E-state index contributed by atoms with van der Waals surface area (Å²) >= 11 is 0. The summed E-state index contributed by atoms with van der Waals surface area (Å²) in [7, 11) is 1.60. The van der Waals surface area contributed by atoms with E-state index in [9.17, 15) is 4.79 Å². The van der Waals surface area contributed by atoms with Crippen molar-refractivity contribution in [2.24, 2.45) is 5.73 Å². The van der Waals surface area contributed by atoms with Crippen LogP contribution in [-0.4, -0.2) is 31.8 Å². The minimum Gasteiger partial charge on any atom is -0.497 e. The fourth-order valence-corrected chi connectivity index (χ4v) is 1.99. The highest BCUT2D eigenvalue weighted by Crippen LogP contribution is 2.20. The molecule has 1 fully saturated rings. The number of carbonyl (C=O) groups excluding carboxylic acids is 1. The second-order valence-corrected chi connectivity index (χ2v) is 4.70. The van der Waals surface area contributed by atoms with Gasteiger partial charge >= 0.3 is 5.97 Å². The summed E-state index contributed by atoms with van der Waals surface area (Å²) in [5.74, 6) is 0.376. The maximum Gasteiger partial charge on any atom is 0.326 e. The number of carbonyl (C=O) groups is 1. The molecule has 1 aromatic rings. The molecule has 0 unspecified atom stereocenters. The average Bonchev–Trinajstić information content (AvgIpc) is 2.45. The molecule has 104 valence electrons. The van der Waals surface area contributed by atoms with Gasteiger partial charge < -0.3 is 19.9 Å². The third kappa shape index (κ3) is 3.45. The smallest absolute Gasteiger partial charge is 0.326 e. The molecule has 19 heavy (non-hydrogen) atoms. The monoisotopic (exact) mass is 265 g/mol. The van der Waals surface area contributed by atoms with Crippen molar-refractivity contribution >= 4 is 5.97 Å². The molecular formula is C14H19NO4. The van der Waals surface area contributed by atoms with Gasteiger partial charge in [0, 0.05) is 13.2 Å². The van der Waals surface area contributed by atoms with E-state index in [-0.39, 0.29) is 12.6 Å². The largest absolute Gasteiger partial charge is 0.497 e. The van der Waals surface area contributed by atoms with Crippen molar-refractivity contribution in [2.45, 2.75) is 25.0 Å². The van der Waals surface area contributed by atoms with Gasteiger partial charge in [0.05, 0.1) is 7.11 Å². The molecule has 0 radical (unpaired) electrons. The van der Waals surface area contributed by atoms with Crippen molar-refractivity contribution in [3.05, 3.63) is 29.8 Å². The van der Waals surface area contributed by atoms with Crippen LogP contribution in [0.1, 0.15) is 18.4 Å². The van der Waals surface area contributed by atoms with Crippen LogP contribution in [0.25, 0.3) is 0 Å². The van der Waals surface area contributed by atoms with Crippen molar-refractivity contribution in [3.8, 4) is 5.75 Å². The van der Waals surface area contributed by atoms with Crippen LogP contribution < -0.4 is 10.5 Å². The van der Waals surface area contributed by atoms with Crippen molar-refractivity contribution in [3.63, 3.8) is 0 Å². The Balaban J connectivity index is 1.92. The Morgan fingerprint density at radius 3 is 2.84 bits per heavy atom. The van der Waals surface area contributed by atoms with Crippen molar-refractivity contribution in [2.75, 3.05) is 20.3 Å². The lowest BCUT2D eigenvalue weighted by atomic mass is 9.92. The molecule has 0 aromatic heterocycles. The lowest BCUT2D eigenvalue weighted by Gasteiger charge is -2.30. The molecular weight excluding hydrogens is 246 g/mol. The molecule has 5 heteroatoms. The molecule has 2 N–H and O–H groups in total. The van der Waals surface area contributed by atoms with Gasteiger partial charge in [0.25, 0.3) is 0 Å². The molecule has 0 bridgehead atoms. The van der Waals surface area contributed by atoms with Gasteiger partial charge in [-0.1, -0.05) is 12.1 Å². The topological polar surface area (TPSA) is 70.8 Å². The molecule has 1 saturated heterocycles. The van der Waals surface area contributed by atoms with Gasteiger partial charge in [-0.15, -0.1) is 0 Å². The highest BCUT2D eigenvalue weighted by molar-refractivity contribution is 5.80. The predicted molar refractivity (Wildman–Crippen MR) is 69.8 cm³/mol. The zero-order chi connectivity index (χ0) is 13.7. The average molecular weight is 265 g/mol. The number of hydrogen-bond donors (Lipinski definition) is 1. The van der Waals surface area contributed by atoms with E-state index in [2.05, 4.69) is 0 Å². The molecule has 1 aromatic carbocycles. The van der Waals surface area contributed by atoms with E-state index in [1.54, 1.807) is 7.11 Å². The summed E-state index contributed by atoms with van der Waals surface area (Å²) < 4.78 is 15.6. The predicted octanol–water partition coefficient (Wildman–Crippen LogP) is 1.25. The van der Waals surface area contributed by atoms with Gasteiger partial charge in [-0.25, -0.2) is 0 Å². The Kier molecular flexibility index (Phi) is 4.39. The lowest BCUT2D eigenvalue weighted by Crippen LogP contribution is -2.52. The molecule has 0 aliphatic carbocycles. The van der Waals surface area contributed by atoms with E-state index < -0.39 is 5.54 Å². The molecule has 0 spiro atoms. The van der Waals surface area contributed by atoms with Crippen LogP contribution in [0.2, 0.25) is 0 Å². The molecule has 1 aliphatic heterocycles. The van der Waals surface area contributed by atoms with Gasteiger partial charge in [-0.05, 0) is 30.5 Å². The zero-order valence-electron chi connectivity index (χ0n) is 11.1. The molecule has 1 aliphatic rings. The highest BCUT2D eigenvalue weighted by Gasteiger charge is 2.37. The summed E-state index contributed by atoms with van der Waals surface area (Å²) in [6.07, 6.45) is 1.01. The first kappa shape index (κ1) is 13.8. The Bertz CT molecular complexity index is 441. The Morgan fingerprint density at radius 1 is 1.42 bits per heavy atom. The first-order valence-corrected chi connectivity index (χ1v) is 6.31. The van der Waals surface area contributed by atoms with Crippen LogP contribution in [0.3, 0.4) is 0 Å². The van der Waals surface area contributed by atoms with Crippen LogP contribution in [0, 0.1) is 0 Å². The quantitative estimate of drug-likeness (QED) is 0.829. The zero-order valence-corrected chi connectivity index (χ0v) is 11.1. The Labute approximate surface area is 112 Å². The van der Waals surface area contributed by atoms with Crippen LogP contribution in [-0.2, 0) is 20.9 Å². The summed E-state index contributed by atoms with van der Waals surface area (Å²) in [5.41, 5.74) is 6.02. The van der Waals surface area contributed by atoms with E-state index in [4.69, 9.17) is 19.9 Å². The van der Waals surface area contributed by atoms with Gasteiger partial charge in [-0.2, -0.15) is 0 Å². The second-order valence-electron chi connectivity index (χ2n) is 4.70. The van der Waals surface area contributed by atoms with Gasteiger partial charge in [-0.3, -0.25) is 4.79 Å². The summed E-state index contributed by atoms with van der Waals surface area (Å²) in [5, 5.41) is 0. The van der Waals surface area contributed by atoms with Gasteiger partial charge in [0.2, 0.25) is 0 Å². The lowest BCUT2D eigenvalue weighted by molar-refractivity contribution is -0.155. The van der Waals surface area contributed by atoms with E-state index in [0.717, 1.165) is 11.3 Å². The normalized spacial score (nSPS) is 17.8. The van der Waals surface area contributed by atoms with Crippen LogP contribution >= 0.6 is 0 Å². The van der Waals surface area contributed by atoms with E-state index in [1.165, 1.54) is 0 Å². The Hall–Kier alpha value is -1.59.